The van der Waals surface area contributed by atoms with Crippen LogP contribution >= 0.6 is 0 Å². The maximum Gasteiger partial charge on any atom is 0.255 e. The first-order valence-electron chi connectivity index (χ1n) is 4.06. The third kappa shape index (κ3) is 1.09. The fourth-order valence-corrected chi connectivity index (χ4v) is 1.53. The van der Waals surface area contributed by atoms with E-state index in [4.69, 9.17) is 5.73 Å². The van der Waals surface area contributed by atoms with Crippen LogP contribution in [0.1, 0.15) is 5.56 Å². The molecule has 0 spiro atoms. The van der Waals surface area contributed by atoms with Crippen LogP contribution in [-0.4, -0.2) is 4.98 Å². The second-order valence-corrected chi connectivity index (χ2v) is 3.07. The molecule has 0 amide bonds. The van der Waals surface area contributed by atoms with Gasteiger partial charge in [0.25, 0.3) is 5.56 Å². The SMILES string of the molecule is Cc1cccc2c(=O)[nH]cc(N)c12. The van der Waals surface area contributed by atoms with E-state index in [1.807, 2.05) is 19.1 Å². The van der Waals surface area contributed by atoms with Crippen molar-refractivity contribution in [1.82, 2.24) is 4.98 Å². The number of anilines is 1. The fourth-order valence-electron chi connectivity index (χ4n) is 1.53. The number of aromatic amines is 1. The lowest BCUT2D eigenvalue weighted by Gasteiger charge is -2.03. The van der Waals surface area contributed by atoms with Crippen molar-refractivity contribution in [2.45, 2.75) is 6.92 Å². The van der Waals surface area contributed by atoms with E-state index in [-0.39, 0.29) is 5.56 Å². The molecular weight excluding hydrogens is 164 g/mol. The molecule has 1 aromatic carbocycles. The van der Waals surface area contributed by atoms with Crippen molar-refractivity contribution in [3.05, 3.63) is 40.3 Å². The highest BCUT2D eigenvalue weighted by atomic mass is 16.1. The summed E-state index contributed by atoms with van der Waals surface area (Å²) in [5.74, 6) is 0. The van der Waals surface area contributed by atoms with Gasteiger partial charge in [-0.05, 0) is 18.6 Å². The maximum atomic E-state index is 11.4. The first-order chi connectivity index (χ1) is 6.20. The number of nitrogens with one attached hydrogen (secondary N) is 1. The van der Waals surface area contributed by atoms with Crippen molar-refractivity contribution >= 4 is 16.5 Å². The monoisotopic (exact) mass is 174 g/mol. The smallest absolute Gasteiger partial charge is 0.255 e. The summed E-state index contributed by atoms with van der Waals surface area (Å²) in [4.78, 5) is 14.0. The van der Waals surface area contributed by atoms with Crippen LogP contribution in [0.4, 0.5) is 5.69 Å². The van der Waals surface area contributed by atoms with Crippen LogP contribution in [-0.2, 0) is 0 Å². The molecule has 3 N–H and O–H groups in total. The van der Waals surface area contributed by atoms with Gasteiger partial charge in [-0.15, -0.1) is 0 Å². The number of fused-ring (bicyclic) bond motifs is 1. The molecule has 0 fully saturated rings. The van der Waals surface area contributed by atoms with Gasteiger partial charge in [0, 0.05) is 17.0 Å². The highest BCUT2D eigenvalue weighted by Gasteiger charge is 2.03. The van der Waals surface area contributed by atoms with Gasteiger partial charge in [-0.2, -0.15) is 0 Å². The van der Waals surface area contributed by atoms with Gasteiger partial charge in [-0.3, -0.25) is 4.79 Å². The van der Waals surface area contributed by atoms with Gasteiger partial charge in [0.15, 0.2) is 0 Å². The molecule has 3 nitrogen and oxygen atoms in total. The summed E-state index contributed by atoms with van der Waals surface area (Å²) in [6.07, 6.45) is 1.54. The molecule has 0 radical (unpaired) electrons. The number of nitrogen functional groups attached to an aromatic ring is 1. The predicted octanol–water partition coefficient (Wildman–Crippen LogP) is 1.42. The topological polar surface area (TPSA) is 58.9 Å². The van der Waals surface area contributed by atoms with Gasteiger partial charge in [0.1, 0.15) is 0 Å². The highest BCUT2D eigenvalue weighted by molar-refractivity contribution is 5.94. The number of nitrogens with two attached hydrogens (primary N) is 1. The number of aromatic nitrogens is 1. The molecule has 2 aromatic rings. The molecule has 0 bridgehead atoms. The van der Waals surface area contributed by atoms with Crippen LogP contribution in [0.2, 0.25) is 0 Å². The summed E-state index contributed by atoms with van der Waals surface area (Å²) in [6.45, 7) is 1.94. The second kappa shape index (κ2) is 2.62. The van der Waals surface area contributed by atoms with Gasteiger partial charge in [-0.25, -0.2) is 0 Å². The van der Waals surface area contributed by atoms with Gasteiger partial charge in [0.05, 0.1) is 5.69 Å². The van der Waals surface area contributed by atoms with Crippen molar-refractivity contribution in [3.8, 4) is 0 Å². The molecular formula is C10H10N2O. The Morgan fingerprint density at radius 1 is 1.38 bits per heavy atom. The lowest BCUT2D eigenvalue weighted by molar-refractivity contribution is 1.27. The molecule has 0 unspecified atom stereocenters. The van der Waals surface area contributed by atoms with Crippen LogP contribution in [0.25, 0.3) is 10.8 Å². The fraction of sp³-hybridized carbons (Fsp3) is 0.100. The molecule has 3 heteroatoms. The molecule has 1 aromatic heterocycles. The lowest BCUT2D eigenvalue weighted by Crippen LogP contribution is -2.07. The first-order valence-corrected chi connectivity index (χ1v) is 4.06. The predicted molar refractivity (Wildman–Crippen MR) is 53.7 cm³/mol. The Balaban J connectivity index is 3.09. The number of hydrogen-bond acceptors (Lipinski definition) is 2. The van der Waals surface area contributed by atoms with E-state index in [2.05, 4.69) is 4.98 Å². The quantitative estimate of drug-likeness (QED) is 0.634. The van der Waals surface area contributed by atoms with E-state index in [1.165, 1.54) is 6.20 Å². The Morgan fingerprint density at radius 3 is 2.85 bits per heavy atom. The summed E-state index contributed by atoms with van der Waals surface area (Å²) in [6, 6.07) is 5.57. The summed E-state index contributed by atoms with van der Waals surface area (Å²) in [5.41, 5.74) is 7.31. The molecule has 0 saturated carbocycles. The Kier molecular flexibility index (Phi) is 1.59. The van der Waals surface area contributed by atoms with Crippen molar-refractivity contribution < 1.29 is 0 Å². The van der Waals surface area contributed by atoms with Crippen molar-refractivity contribution in [3.63, 3.8) is 0 Å². The first kappa shape index (κ1) is 7.86. The number of hydrogen-bond donors (Lipinski definition) is 2. The molecule has 1 heterocycles. The zero-order valence-electron chi connectivity index (χ0n) is 7.29. The largest absolute Gasteiger partial charge is 0.397 e. The number of pyridine rings is 1. The summed E-state index contributed by atoms with van der Waals surface area (Å²) in [7, 11) is 0. The average Bonchev–Trinajstić information content (AvgIpc) is 2.12. The standard InChI is InChI=1S/C10H10N2O/c1-6-3-2-4-7-9(6)8(11)5-12-10(7)13/h2-5H,11H2,1H3,(H,12,13). The maximum absolute atomic E-state index is 11.4. The van der Waals surface area contributed by atoms with E-state index in [9.17, 15) is 4.79 Å². The average molecular weight is 174 g/mol. The second-order valence-electron chi connectivity index (χ2n) is 3.07. The van der Waals surface area contributed by atoms with Gasteiger partial charge in [-0.1, -0.05) is 12.1 Å². The Bertz CT molecular complexity index is 506. The molecule has 66 valence electrons. The number of H-pyrrole nitrogens is 1. The van der Waals surface area contributed by atoms with E-state index in [0.29, 0.717) is 11.1 Å². The number of benzene rings is 1. The molecule has 13 heavy (non-hydrogen) atoms. The summed E-state index contributed by atoms with van der Waals surface area (Å²) in [5, 5.41) is 1.51. The Labute approximate surface area is 75.2 Å². The van der Waals surface area contributed by atoms with Gasteiger partial charge < -0.3 is 10.7 Å². The minimum Gasteiger partial charge on any atom is -0.397 e. The minimum absolute atomic E-state index is 0.0899. The Hall–Kier alpha value is -1.77. The van der Waals surface area contributed by atoms with Crippen molar-refractivity contribution in [2.24, 2.45) is 0 Å². The van der Waals surface area contributed by atoms with E-state index >= 15 is 0 Å². The highest BCUT2D eigenvalue weighted by Crippen LogP contribution is 2.19. The normalized spacial score (nSPS) is 10.5. The minimum atomic E-state index is -0.0899. The molecule has 2 rings (SSSR count). The molecule has 0 atom stereocenters. The van der Waals surface area contributed by atoms with Gasteiger partial charge in [0.2, 0.25) is 0 Å². The van der Waals surface area contributed by atoms with Crippen LogP contribution in [0.3, 0.4) is 0 Å². The van der Waals surface area contributed by atoms with Crippen LogP contribution in [0.5, 0.6) is 0 Å². The third-order valence-electron chi connectivity index (χ3n) is 2.16. The molecule has 0 aliphatic heterocycles. The Morgan fingerprint density at radius 2 is 2.15 bits per heavy atom. The van der Waals surface area contributed by atoms with Crippen LogP contribution < -0.4 is 11.3 Å². The molecule has 0 saturated heterocycles. The zero-order chi connectivity index (χ0) is 9.42. The van der Waals surface area contributed by atoms with E-state index in [1.54, 1.807) is 6.07 Å². The number of rotatable bonds is 0. The van der Waals surface area contributed by atoms with Crippen LogP contribution in [0.15, 0.2) is 29.2 Å². The third-order valence-corrected chi connectivity index (χ3v) is 2.16. The van der Waals surface area contributed by atoms with Gasteiger partial charge >= 0.3 is 0 Å². The lowest BCUT2D eigenvalue weighted by atomic mass is 10.1. The molecule has 0 aliphatic carbocycles. The summed E-state index contributed by atoms with van der Waals surface area (Å²) >= 11 is 0. The zero-order valence-corrected chi connectivity index (χ0v) is 7.29. The summed E-state index contributed by atoms with van der Waals surface area (Å²) < 4.78 is 0. The van der Waals surface area contributed by atoms with E-state index in [0.717, 1.165) is 10.9 Å². The van der Waals surface area contributed by atoms with E-state index < -0.39 is 0 Å². The number of aryl methyl sites for hydroxylation is 1. The van der Waals surface area contributed by atoms with Crippen molar-refractivity contribution in [1.29, 1.82) is 0 Å². The van der Waals surface area contributed by atoms with Crippen LogP contribution in [0, 0.1) is 6.92 Å². The van der Waals surface area contributed by atoms with Crippen molar-refractivity contribution in [2.75, 3.05) is 5.73 Å². The molecule has 0 aliphatic rings.